The molecule has 2 aromatic rings. The van der Waals surface area contributed by atoms with Crippen LogP contribution in [0.4, 0.5) is 0 Å². The summed E-state index contributed by atoms with van der Waals surface area (Å²) in [6.45, 7) is 1.42. The van der Waals surface area contributed by atoms with E-state index < -0.39 is 11.9 Å². The number of carboxylic acids is 1. The molecule has 1 saturated heterocycles. The predicted molar refractivity (Wildman–Crippen MR) is 88.8 cm³/mol. The molecule has 24 heavy (non-hydrogen) atoms. The fourth-order valence-corrected chi connectivity index (χ4v) is 3.18. The lowest BCUT2D eigenvalue weighted by molar-refractivity contribution is -0.143. The highest BCUT2D eigenvalue weighted by Gasteiger charge is 2.31. The maximum Gasteiger partial charge on any atom is 0.308 e. The number of carbonyl (C=O) groups excluding carboxylic acids is 1. The molecule has 7 nitrogen and oxygen atoms in total. The van der Waals surface area contributed by atoms with Gasteiger partial charge < -0.3 is 19.3 Å². The van der Waals surface area contributed by atoms with Gasteiger partial charge in [0, 0.05) is 25.8 Å². The number of rotatable bonds is 4. The number of fused-ring (bicyclic) bond motifs is 1. The van der Waals surface area contributed by atoms with Crippen molar-refractivity contribution >= 4 is 17.5 Å². The maximum absolute atomic E-state index is 13.0. The van der Waals surface area contributed by atoms with Crippen LogP contribution in [-0.2, 0) is 11.3 Å². The Hall–Kier alpha value is -2.41. The van der Waals surface area contributed by atoms with E-state index in [1.54, 1.807) is 4.90 Å². The summed E-state index contributed by atoms with van der Waals surface area (Å²) in [4.78, 5) is 32.4. The molecule has 2 aromatic heterocycles. The molecular weight excluding hydrogens is 308 g/mol. The van der Waals surface area contributed by atoms with Gasteiger partial charge in [-0.3, -0.25) is 9.59 Å². The first-order valence-corrected chi connectivity index (χ1v) is 8.10. The molecule has 1 atom stereocenters. The van der Waals surface area contributed by atoms with Crippen LogP contribution >= 0.6 is 0 Å². The summed E-state index contributed by atoms with van der Waals surface area (Å²) in [5.41, 5.74) is 1.98. The molecule has 1 unspecified atom stereocenters. The number of aliphatic carboxylic acids is 1. The average molecular weight is 330 g/mol. The van der Waals surface area contributed by atoms with Gasteiger partial charge in [-0.2, -0.15) is 0 Å². The molecule has 0 aromatic carbocycles. The highest BCUT2D eigenvalue weighted by atomic mass is 16.4. The molecule has 1 aliphatic heterocycles. The Labute approximate surface area is 140 Å². The number of imidazole rings is 1. The zero-order chi connectivity index (χ0) is 17.3. The van der Waals surface area contributed by atoms with Crippen molar-refractivity contribution < 1.29 is 14.7 Å². The highest BCUT2D eigenvalue weighted by molar-refractivity contribution is 5.94. The van der Waals surface area contributed by atoms with Crippen molar-refractivity contribution in [3.05, 3.63) is 35.8 Å². The lowest BCUT2D eigenvalue weighted by Gasteiger charge is -2.30. The topological polar surface area (TPSA) is 78.2 Å². The van der Waals surface area contributed by atoms with Crippen LogP contribution in [0.3, 0.4) is 0 Å². The lowest BCUT2D eigenvalue weighted by Crippen LogP contribution is -2.42. The Morgan fingerprint density at radius 3 is 2.88 bits per heavy atom. The van der Waals surface area contributed by atoms with Gasteiger partial charge in [-0.25, -0.2) is 4.98 Å². The first-order valence-electron chi connectivity index (χ1n) is 8.10. The second-order valence-electron chi connectivity index (χ2n) is 6.50. The van der Waals surface area contributed by atoms with Crippen LogP contribution in [0.2, 0.25) is 0 Å². The molecule has 0 spiro atoms. The summed E-state index contributed by atoms with van der Waals surface area (Å²) in [5, 5.41) is 9.23. The third kappa shape index (κ3) is 3.12. The molecule has 0 saturated carbocycles. The fraction of sp³-hybridized carbons (Fsp3) is 0.471. The molecule has 1 fully saturated rings. The van der Waals surface area contributed by atoms with E-state index >= 15 is 0 Å². The van der Waals surface area contributed by atoms with Gasteiger partial charge >= 0.3 is 5.97 Å². The molecule has 3 rings (SSSR count). The zero-order valence-electron chi connectivity index (χ0n) is 14.0. The van der Waals surface area contributed by atoms with Crippen LogP contribution in [0.15, 0.2) is 24.4 Å². The van der Waals surface area contributed by atoms with Gasteiger partial charge in [-0.05, 0) is 39.1 Å². The highest BCUT2D eigenvalue weighted by Crippen LogP contribution is 2.21. The van der Waals surface area contributed by atoms with Crippen LogP contribution < -0.4 is 0 Å². The number of nitrogens with zero attached hydrogens (tertiary/aromatic N) is 4. The van der Waals surface area contributed by atoms with E-state index in [1.807, 2.05) is 47.8 Å². The van der Waals surface area contributed by atoms with E-state index in [2.05, 4.69) is 4.98 Å². The SMILES string of the molecule is CN(C)Cc1c(C(=O)N2CCCC(C(=O)O)C2)nc2ccccn12. The minimum absolute atomic E-state index is 0.179. The number of carbonyl (C=O) groups is 2. The van der Waals surface area contributed by atoms with Gasteiger partial charge in [0.2, 0.25) is 0 Å². The largest absolute Gasteiger partial charge is 0.481 e. The molecule has 3 heterocycles. The monoisotopic (exact) mass is 330 g/mol. The lowest BCUT2D eigenvalue weighted by atomic mass is 9.98. The first kappa shape index (κ1) is 16.4. The molecule has 0 aliphatic carbocycles. The Bertz CT molecular complexity index is 768. The summed E-state index contributed by atoms with van der Waals surface area (Å²) in [6.07, 6.45) is 3.22. The van der Waals surface area contributed by atoms with Crippen LogP contribution in [-0.4, -0.2) is 63.4 Å². The third-order valence-corrected chi connectivity index (χ3v) is 4.36. The Kier molecular flexibility index (Phi) is 4.53. The molecule has 1 amide bonds. The number of pyridine rings is 1. The van der Waals surface area contributed by atoms with Gasteiger partial charge in [-0.15, -0.1) is 0 Å². The summed E-state index contributed by atoms with van der Waals surface area (Å²) >= 11 is 0. The maximum atomic E-state index is 13.0. The quantitative estimate of drug-likeness (QED) is 0.915. The molecule has 1 N–H and O–H groups in total. The number of hydrogen-bond acceptors (Lipinski definition) is 4. The number of likely N-dealkylation sites (tertiary alicyclic amines) is 1. The minimum Gasteiger partial charge on any atom is -0.481 e. The van der Waals surface area contributed by atoms with Crippen LogP contribution in [0, 0.1) is 5.92 Å². The van der Waals surface area contributed by atoms with Crippen molar-refractivity contribution in [3.8, 4) is 0 Å². The van der Waals surface area contributed by atoms with E-state index in [0.29, 0.717) is 31.6 Å². The number of carboxylic acid groups (broad SMARTS) is 1. The van der Waals surface area contributed by atoms with Gasteiger partial charge in [0.05, 0.1) is 11.6 Å². The number of hydrogen-bond donors (Lipinski definition) is 1. The molecule has 0 radical (unpaired) electrons. The van der Waals surface area contributed by atoms with Crippen molar-refractivity contribution in [1.82, 2.24) is 19.2 Å². The van der Waals surface area contributed by atoms with Crippen molar-refractivity contribution in [2.45, 2.75) is 19.4 Å². The standard InChI is InChI=1S/C17H22N4O3/c1-19(2)11-13-15(18-14-7-3-4-9-21(13)14)16(22)20-8-5-6-12(10-20)17(23)24/h3-4,7,9,12H,5-6,8,10-11H2,1-2H3,(H,23,24). The van der Waals surface area contributed by atoms with E-state index in [4.69, 9.17) is 0 Å². The van der Waals surface area contributed by atoms with Gasteiger partial charge in [-0.1, -0.05) is 6.07 Å². The molecular formula is C17H22N4O3. The average Bonchev–Trinajstić information content (AvgIpc) is 2.92. The smallest absolute Gasteiger partial charge is 0.308 e. The zero-order valence-corrected chi connectivity index (χ0v) is 14.0. The van der Waals surface area contributed by atoms with Crippen LogP contribution in [0.1, 0.15) is 29.0 Å². The van der Waals surface area contributed by atoms with Gasteiger partial charge in [0.1, 0.15) is 5.65 Å². The second-order valence-corrected chi connectivity index (χ2v) is 6.50. The number of piperidine rings is 1. The normalized spacial score (nSPS) is 18.3. The Balaban J connectivity index is 1.95. The van der Waals surface area contributed by atoms with E-state index in [-0.39, 0.29) is 12.5 Å². The van der Waals surface area contributed by atoms with Crippen LogP contribution in [0.5, 0.6) is 0 Å². The second kappa shape index (κ2) is 6.60. The van der Waals surface area contributed by atoms with Crippen LogP contribution in [0.25, 0.3) is 5.65 Å². The molecule has 1 aliphatic rings. The number of aromatic nitrogens is 2. The van der Waals surface area contributed by atoms with Crippen molar-refractivity contribution in [1.29, 1.82) is 0 Å². The third-order valence-electron chi connectivity index (χ3n) is 4.36. The van der Waals surface area contributed by atoms with Crippen molar-refractivity contribution in [2.24, 2.45) is 5.92 Å². The van der Waals surface area contributed by atoms with E-state index in [0.717, 1.165) is 11.3 Å². The molecule has 128 valence electrons. The minimum atomic E-state index is -0.837. The predicted octanol–water partition coefficient (Wildman–Crippen LogP) is 1.33. The summed E-state index contributed by atoms with van der Waals surface area (Å²) < 4.78 is 1.92. The summed E-state index contributed by atoms with van der Waals surface area (Å²) in [7, 11) is 3.88. The summed E-state index contributed by atoms with van der Waals surface area (Å²) in [6, 6.07) is 5.66. The molecule has 7 heteroatoms. The summed E-state index contributed by atoms with van der Waals surface area (Å²) in [5.74, 6) is -1.51. The Morgan fingerprint density at radius 2 is 2.17 bits per heavy atom. The fourth-order valence-electron chi connectivity index (χ4n) is 3.18. The van der Waals surface area contributed by atoms with E-state index in [9.17, 15) is 14.7 Å². The van der Waals surface area contributed by atoms with Gasteiger partial charge in [0.25, 0.3) is 5.91 Å². The number of amides is 1. The molecule has 0 bridgehead atoms. The Morgan fingerprint density at radius 1 is 1.38 bits per heavy atom. The first-order chi connectivity index (χ1) is 11.5. The van der Waals surface area contributed by atoms with Crippen molar-refractivity contribution in [3.63, 3.8) is 0 Å². The van der Waals surface area contributed by atoms with Gasteiger partial charge in [0.15, 0.2) is 5.69 Å². The van der Waals surface area contributed by atoms with E-state index in [1.165, 1.54) is 0 Å². The van der Waals surface area contributed by atoms with Crippen molar-refractivity contribution in [2.75, 3.05) is 27.2 Å².